The fraction of sp³-hybridized carbons (Fsp3) is 1.00. The van der Waals surface area contributed by atoms with Crippen LogP contribution in [0.25, 0.3) is 0 Å². The van der Waals surface area contributed by atoms with Crippen LogP contribution in [0, 0.1) is 0 Å². The molecule has 130 valence electrons. The maximum absolute atomic E-state index is 8.88. The topological polar surface area (TPSA) is 116 Å². The third kappa shape index (κ3) is 38.3. The summed E-state index contributed by atoms with van der Waals surface area (Å²) in [6, 6.07) is 0. The summed E-state index contributed by atoms with van der Waals surface area (Å²) in [5, 5.41) is 8.46. The third-order valence-corrected chi connectivity index (χ3v) is 2.50. The lowest BCUT2D eigenvalue weighted by Crippen LogP contribution is -2.07. The molecule has 0 saturated heterocycles. The van der Waals surface area contributed by atoms with Gasteiger partial charge in [-0.25, -0.2) is 4.57 Å². The summed E-state index contributed by atoms with van der Waals surface area (Å²) in [6.45, 7) is 4.84. The van der Waals surface area contributed by atoms with Crippen LogP contribution in [0.15, 0.2) is 0 Å². The number of hydrogen-bond donors (Lipinski definition) is 4. The first-order chi connectivity index (χ1) is 9.91. The van der Waals surface area contributed by atoms with Gasteiger partial charge in [-0.05, 0) is 6.42 Å². The Balaban J connectivity index is 0. The quantitative estimate of drug-likeness (QED) is 0.301. The molecule has 0 aliphatic heterocycles. The maximum atomic E-state index is 8.88. The van der Waals surface area contributed by atoms with Crippen LogP contribution in [0.5, 0.6) is 0 Å². The summed E-state index contributed by atoms with van der Waals surface area (Å²) in [5.74, 6) is 0. The van der Waals surface area contributed by atoms with Gasteiger partial charge in [-0.3, -0.25) is 0 Å². The minimum atomic E-state index is -4.64. The van der Waals surface area contributed by atoms with E-state index in [-0.39, 0.29) is 6.61 Å². The maximum Gasteiger partial charge on any atom is 0.466 e. The molecule has 0 fully saturated rings. The number of unbranched alkanes of at least 4 members (excludes halogenated alkanes) is 6. The van der Waals surface area contributed by atoms with Gasteiger partial charge in [0.25, 0.3) is 0 Å². The molecule has 0 atom stereocenters. The molecule has 0 aliphatic rings. The zero-order chi connectivity index (χ0) is 16.4. The van der Waals surface area contributed by atoms with Crippen LogP contribution < -0.4 is 0 Å². The van der Waals surface area contributed by atoms with E-state index in [1.807, 2.05) is 0 Å². The molecule has 0 unspecified atom stereocenters. The van der Waals surface area contributed by atoms with Crippen LogP contribution in [0.3, 0.4) is 0 Å². The van der Waals surface area contributed by atoms with Gasteiger partial charge in [0.2, 0.25) is 0 Å². The van der Waals surface area contributed by atoms with E-state index in [0.717, 1.165) is 13.0 Å². The standard InChI is InChI=1S/C13H28O3.H3O4P/c1-2-3-4-5-6-7-8-10-15-12-13-16-11-9-14;1-5(2,3)4/h14H,2-13H2,1H3;(H3,1,2,3,4). The molecule has 21 heavy (non-hydrogen) atoms. The molecule has 0 aromatic carbocycles. The average molecular weight is 330 g/mol. The minimum absolute atomic E-state index is 0.0950. The van der Waals surface area contributed by atoms with E-state index < -0.39 is 7.82 Å². The molecule has 8 heteroatoms. The molecule has 7 nitrogen and oxygen atoms in total. The largest absolute Gasteiger partial charge is 0.466 e. The monoisotopic (exact) mass is 330 g/mol. The number of aliphatic hydroxyl groups is 1. The van der Waals surface area contributed by atoms with Gasteiger partial charge in [-0.1, -0.05) is 45.4 Å². The van der Waals surface area contributed by atoms with Gasteiger partial charge in [-0.15, -0.1) is 0 Å². The summed E-state index contributed by atoms with van der Waals surface area (Å²) in [6.07, 6.45) is 9.22. The van der Waals surface area contributed by atoms with Gasteiger partial charge in [0, 0.05) is 6.61 Å². The Morgan fingerprint density at radius 2 is 1.19 bits per heavy atom. The molecular formula is C13H31O7P. The Kier molecular flexibility index (Phi) is 20.0. The van der Waals surface area contributed by atoms with Crippen LogP contribution in [0.2, 0.25) is 0 Å². The van der Waals surface area contributed by atoms with Crippen LogP contribution >= 0.6 is 7.82 Å². The highest BCUT2D eigenvalue weighted by atomic mass is 31.2. The molecule has 0 amide bonds. The average Bonchev–Trinajstić information content (AvgIpc) is 2.38. The SMILES string of the molecule is CCCCCCCCCOCCOCCO.O=P(O)(O)O. The molecule has 0 rings (SSSR count). The molecule has 4 N–H and O–H groups in total. The minimum Gasteiger partial charge on any atom is -0.394 e. The highest BCUT2D eigenvalue weighted by Crippen LogP contribution is 2.25. The van der Waals surface area contributed by atoms with Crippen molar-refractivity contribution < 1.29 is 33.8 Å². The van der Waals surface area contributed by atoms with Crippen molar-refractivity contribution in [2.45, 2.75) is 51.9 Å². The number of phosphoric acid groups is 1. The van der Waals surface area contributed by atoms with Crippen molar-refractivity contribution in [3.05, 3.63) is 0 Å². The summed E-state index contributed by atoms with van der Waals surface area (Å²) < 4.78 is 19.4. The van der Waals surface area contributed by atoms with Crippen molar-refractivity contribution in [1.82, 2.24) is 0 Å². The fourth-order valence-corrected chi connectivity index (χ4v) is 1.55. The van der Waals surface area contributed by atoms with E-state index in [2.05, 4.69) is 6.92 Å². The molecule has 0 aromatic rings. The number of hydrogen-bond acceptors (Lipinski definition) is 4. The lowest BCUT2D eigenvalue weighted by atomic mass is 10.1. The zero-order valence-corrected chi connectivity index (χ0v) is 13.8. The van der Waals surface area contributed by atoms with E-state index in [0.29, 0.717) is 19.8 Å². The second-order valence-electron chi connectivity index (χ2n) is 4.58. The van der Waals surface area contributed by atoms with E-state index in [1.165, 1.54) is 38.5 Å². The first-order valence-corrected chi connectivity index (χ1v) is 9.03. The number of aliphatic hydroxyl groups excluding tert-OH is 1. The highest BCUT2D eigenvalue weighted by Gasteiger charge is 2.00. The molecule has 0 heterocycles. The van der Waals surface area contributed by atoms with Crippen molar-refractivity contribution in [3.8, 4) is 0 Å². The number of rotatable bonds is 13. The Hall–Kier alpha value is -0.0100. The van der Waals surface area contributed by atoms with Crippen LogP contribution in [0.1, 0.15) is 51.9 Å². The molecule has 0 aliphatic carbocycles. The summed E-state index contributed by atoms with van der Waals surface area (Å²) >= 11 is 0. The molecule has 0 spiro atoms. The Labute approximate surface area is 127 Å². The lowest BCUT2D eigenvalue weighted by molar-refractivity contribution is 0.0321. The van der Waals surface area contributed by atoms with E-state index in [9.17, 15) is 0 Å². The second kappa shape index (κ2) is 18.0. The second-order valence-corrected chi connectivity index (χ2v) is 5.61. The van der Waals surface area contributed by atoms with Crippen molar-refractivity contribution >= 4 is 7.82 Å². The van der Waals surface area contributed by atoms with Gasteiger partial charge in [-0.2, -0.15) is 0 Å². The van der Waals surface area contributed by atoms with E-state index in [4.69, 9.17) is 33.8 Å². The smallest absolute Gasteiger partial charge is 0.394 e. The van der Waals surface area contributed by atoms with Crippen LogP contribution in [-0.4, -0.2) is 52.8 Å². The molecular weight excluding hydrogens is 299 g/mol. The van der Waals surface area contributed by atoms with Crippen LogP contribution in [0.4, 0.5) is 0 Å². The Bertz CT molecular complexity index is 210. The van der Waals surface area contributed by atoms with Crippen molar-refractivity contribution in [2.24, 2.45) is 0 Å². The van der Waals surface area contributed by atoms with Gasteiger partial charge >= 0.3 is 7.82 Å². The van der Waals surface area contributed by atoms with Gasteiger partial charge in [0.1, 0.15) is 0 Å². The first kappa shape index (κ1) is 23.3. The van der Waals surface area contributed by atoms with E-state index in [1.54, 1.807) is 0 Å². The highest BCUT2D eigenvalue weighted by molar-refractivity contribution is 7.45. The predicted molar refractivity (Wildman–Crippen MR) is 81.0 cm³/mol. The predicted octanol–water partition coefficient (Wildman–Crippen LogP) is 1.83. The third-order valence-electron chi connectivity index (χ3n) is 2.50. The first-order valence-electron chi connectivity index (χ1n) is 7.46. The fourth-order valence-electron chi connectivity index (χ4n) is 1.55. The summed E-state index contributed by atoms with van der Waals surface area (Å²) in [4.78, 5) is 21.6. The van der Waals surface area contributed by atoms with Gasteiger partial charge < -0.3 is 29.3 Å². The zero-order valence-electron chi connectivity index (χ0n) is 12.9. The molecule has 0 aromatic heterocycles. The summed E-state index contributed by atoms with van der Waals surface area (Å²) in [5.41, 5.74) is 0. The lowest BCUT2D eigenvalue weighted by Gasteiger charge is -2.04. The van der Waals surface area contributed by atoms with Crippen molar-refractivity contribution in [3.63, 3.8) is 0 Å². The van der Waals surface area contributed by atoms with E-state index >= 15 is 0 Å². The molecule has 0 radical (unpaired) electrons. The van der Waals surface area contributed by atoms with Crippen molar-refractivity contribution in [2.75, 3.05) is 33.0 Å². The van der Waals surface area contributed by atoms with Crippen LogP contribution in [-0.2, 0) is 14.0 Å². The van der Waals surface area contributed by atoms with Gasteiger partial charge in [0.15, 0.2) is 0 Å². The molecule has 0 bridgehead atoms. The Morgan fingerprint density at radius 1 is 0.762 bits per heavy atom. The normalized spacial score (nSPS) is 11.1. The van der Waals surface area contributed by atoms with Gasteiger partial charge in [0.05, 0.1) is 26.4 Å². The van der Waals surface area contributed by atoms with Crippen molar-refractivity contribution in [1.29, 1.82) is 0 Å². The Morgan fingerprint density at radius 3 is 1.67 bits per heavy atom. The summed E-state index contributed by atoms with van der Waals surface area (Å²) in [7, 11) is -4.64. The number of ether oxygens (including phenoxy) is 2. The molecule has 0 saturated carbocycles.